The average Bonchev–Trinajstić information content (AvgIpc) is 3.82. The SMILES string of the molecule is C#C[C@@H]1[C@@H](C)C[C@@H](C(=O)Nc2nc(Br)ccc2CN2CCn3c(nnc3C(F)(F)F)C2)N1C(=O)Cn1nc(C(C)=O)c2cc(-c3cnc(C)nc3)ccc21. The van der Waals surface area contributed by atoms with Crippen LogP contribution >= 0.6 is 15.9 Å². The van der Waals surface area contributed by atoms with Gasteiger partial charge in [-0.3, -0.25) is 24.0 Å². The number of ketones is 1. The highest BCUT2D eigenvalue weighted by molar-refractivity contribution is 9.10. The normalized spacial score (nSPS) is 18.8. The van der Waals surface area contributed by atoms with Crippen LogP contribution in [0.5, 0.6) is 0 Å². The van der Waals surface area contributed by atoms with Crippen LogP contribution in [0.1, 0.15) is 53.8 Å². The summed E-state index contributed by atoms with van der Waals surface area (Å²) >= 11 is 3.36. The molecule has 278 valence electrons. The van der Waals surface area contributed by atoms with E-state index in [1.54, 1.807) is 37.5 Å². The van der Waals surface area contributed by atoms with Crippen molar-refractivity contribution in [3.63, 3.8) is 0 Å². The van der Waals surface area contributed by atoms with Crippen LogP contribution in [0, 0.1) is 25.2 Å². The molecule has 5 aromatic rings. The number of nitrogens with zero attached hydrogens (tertiary/aromatic N) is 10. The summed E-state index contributed by atoms with van der Waals surface area (Å²) in [5.74, 6) is 1.19. The Bertz CT molecular complexity index is 2330. The van der Waals surface area contributed by atoms with Crippen molar-refractivity contribution in [2.45, 2.75) is 71.6 Å². The van der Waals surface area contributed by atoms with Crippen molar-refractivity contribution in [1.29, 1.82) is 0 Å². The van der Waals surface area contributed by atoms with Gasteiger partial charge in [0.05, 0.1) is 18.1 Å². The molecule has 1 saturated heterocycles. The van der Waals surface area contributed by atoms with Gasteiger partial charge in [0.25, 0.3) is 0 Å². The molecule has 0 saturated carbocycles. The number of terminal acetylenes is 1. The quantitative estimate of drug-likeness (QED) is 0.133. The van der Waals surface area contributed by atoms with Crippen molar-refractivity contribution in [3.8, 4) is 23.5 Å². The summed E-state index contributed by atoms with van der Waals surface area (Å²) in [5, 5.41) is 15.0. The van der Waals surface area contributed by atoms with Crippen molar-refractivity contribution in [3.05, 3.63) is 76.1 Å². The zero-order valence-corrected chi connectivity index (χ0v) is 30.9. The number of anilines is 1. The van der Waals surface area contributed by atoms with Gasteiger partial charge in [0, 0.05) is 55.5 Å². The fourth-order valence-electron chi connectivity index (χ4n) is 7.05. The molecule has 0 radical (unpaired) electrons. The minimum absolute atomic E-state index is 0.0374. The molecular formula is C36H33BrF3N11O3. The highest BCUT2D eigenvalue weighted by atomic mass is 79.9. The summed E-state index contributed by atoms with van der Waals surface area (Å²) in [4.78, 5) is 57.2. The molecule has 14 nitrogen and oxygen atoms in total. The number of rotatable bonds is 8. The number of likely N-dealkylation sites (tertiary alicyclic amines) is 1. The van der Waals surface area contributed by atoms with E-state index in [1.165, 1.54) is 16.5 Å². The van der Waals surface area contributed by atoms with Crippen molar-refractivity contribution < 1.29 is 27.6 Å². The Morgan fingerprint density at radius 1 is 1.07 bits per heavy atom. The summed E-state index contributed by atoms with van der Waals surface area (Å²) in [6.07, 6.45) is 4.97. The monoisotopic (exact) mass is 803 g/mol. The van der Waals surface area contributed by atoms with Crippen molar-refractivity contribution in [2.75, 3.05) is 11.9 Å². The van der Waals surface area contributed by atoms with E-state index < -0.39 is 35.9 Å². The molecule has 4 aromatic heterocycles. The molecule has 0 bridgehead atoms. The van der Waals surface area contributed by atoms with Crippen LogP contribution < -0.4 is 5.32 Å². The summed E-state index contributed by atoms with van der Waals surface area (Å²) < 4.78 is 43.1. The zero-order chi connectivity index (χ0) is 38.5. The van der Waals surface area contributed by atoms with Crippen LogP contribution in [0.3, 0.4) is 0 Å². The maximum absolute atomic E-state index is 14.2. The first-order valence-corrected chi connectivity index (χ1v) is 17.8. The van der Waals surface area contributed by atoms with E-state index in [9.17, 15) is 27.6 Å². The number of aryl methyl sites for hydroxylation is 1. The fourth-order valence-corrected chi connectivity index (χ4v) is 7.36. The van der Waals surface area contributed by atoms with Crippen LogP contribution in [-0.4, -0.2) is 85.5 Å². The Labute approximate surface area is 315 Å². The predicted octanol–water partition coefficient (Wildman–Crippen LogP) is 4.67. The van der Waals surface area contributed by atoms with Gasteiger partial charge in [-0.05, 0) is 59.0 Å². The summed E-state index contributed by atoms with van der Waals surface area (Å²) in [6, 6.07) is 7.21. The summed E-state index contributed by atoms with van der Waals surface area (Å²) in [5.41, 5.74) is 2.86. The molecular weight excluding hydrogens is 771 g/mol. The van der Waals surface area contributed by atoms with Crippen LogP contribution in [0.25, 0.3) is 22.0 Å². The summed E-state index contributed by atoms with van der Waals surface area (Å²) in [6.45, 7) is 5.42. The fraction of sp³-hybridized carbons (Fsp3) is 0.361. The molecule has 0 unspecified atom stereocenters. The van der Waals surface area contributed by atoms with E-state index in [0.717, 1.165) is 15.7 Å². The van der Waals surface area contributed by atoms with E-state index in [-0.39, 0.29) is 68.2 Å². The first-order valence-electron chi connectivity index (χ1n) is 17.0. The molecule has 3 atom stereocenters. The number of carbonyl (C=O) groups excluding carboxylic acids is 3. The summed E-state index contributed by atoms with van der Waals surface area (Å²) in [7, 11) is 0. The van der Waals surface area contributed by atoms with Crippen LogP contribution in [0.2, 0.25) is 0 Å². The number of nitrogens with one attached hydrogen (secondary N) is 1. The molecule has 2 aliphatic heterocycles. The van der Waals surface area contributed by atoms with E-state index in [2.05, 4.69) is 57.4 Å². The van der Waals surface area contributed by atoms with Gasteiger partial charge >= 0.3 is 6.18 Å². The number of carbonyl (C=O) groups is 3. The number of pyridine rings is 1. The third kappa shape index (κ3) is 7.08. The maximum Gasteiger partial charge on any atom is 0.451 e. The molecule has 0 spiro atoms. The Hall–Kier alpha value is -5.54. The lowest BCUT2D eigenvalue weighted by Crippen LogP contribution is -2.48. The largest absolute Gasteiger partial charge is 0.451 e. The van der Waals surface area contributed by atoms with Gasteiger partial charge in [-0.1, -0.05) is 25.0 Å². The second-order valence-corrected chi connectivity index (χ2v) is 14.2. The number of amides is 2. The van der Waals surface area contributed by atoms with E-state index >= 15 is 0 Å². The minimum Gasteiger partial charge on any atom is -0.315 e. The highest BCUT2D eigenvalue weighted by Gasteiger charge is 2.45. The van der Waals surface area contributed by atoms with Crippen molar-refractivity contribution in [1.82, 2.24) is 49.3 Å². The van der Waals surface area contributed by atoms with Crippen LogP contribution in [0.4, 0.5) is 19.0 Å². The molecule has 6 heterocycles. The van der Waals surface area contributed by atoms with Gasteiger partial charge in [-0.15, -0.1) is 16.6 Å². The number of hydrogen-bond donors (Lipinski definition) is 1. The lowest BCUT2D eigenvalue weighted by atomic mass is 10.0. The second-order valence-electron chi connectivity index (χ2n) is 13.4. The van der Waals surface area contributed by atoms with Gasteiger partial charge in [0.15, 0.2) is 5.78 Å². The van der Waals surface area contributed by atoms with E-state index in [1.807, 2.05) is 24.0 Å². The number of halogens is 4. The number of Topliss-reactive ketones (excluding diaryl/α,β-unsaturated/α-hetero) is 1. The predicted molar refractivity (Wildman–Crippen MR) is 192 cm³/mol. The van der Waals surface area contributed by atoms with Crippen molar-refractivity contribution >= 4 is 50.2 Å². The van der Waals surface area contributed by atoms with Crippen molar-refractivity contribution in [2.24, 2.45) is 5.92 Å². The first-order chi connectivity index (χ1) is 25.7. The molecule has 54 heavy (non-hydrogen) atoms. The molecule has 18 heteroatoms. The van der Waals surface area contributed by atoms with E-state index in [0.29, 0.717) is 26.9 Å². The van der Waals surface area contributed by atoms with E-state index in [4.69, 9.17) is 6.42 Å². The Morgan fingerprint density at radius 3 is 2.54 bits per heavy atom. The lowest BCUT2D eigenvalue weighted by Gasteiger charge is -2.29. The number of fused-ring (bicyclic) bond motifs is 2. The number of benzene rings is 1. The zero-order valence-electron chi connectivity index (χ0n) is 29.3. The van der Waals surface area contributed by atoms with Gasteiger partial charge < -0.3 is 14.8 Å². The maximum atomic E-state index is 14.2. The van der Waals surface area contributed by atoms with Crippen LogP contribution in [0.15, 0.2) is 47.3 Å². The molecule has 1 aromatic carbocycles. The minimum atomic E-state index is -4.61. The number of aromatic nitrogens is 8. The Morgan fingerprint density at radius 2 is 1.83 bits per heavy atom. The molecule has 7 rings (SSSR count). The highest BCUT2D eigenvalue weighted by Crippen LogP contribution is 2.33. The van der Waals surface area contributed by atoms with Gasteiger partial charge in [-0.2, -0.15) is 18.3 Å². The molecule has 1 N–H and O–H groups in total. The molecule has 1 fully saturated rings. The third-order valence-corrected chi connectivity index (χ3v) is 10.1. The standard InChI is InChI=1S/C36H33BrF3N11O3/c1-5-26-19(2)12-28(34(54)44-33-23(7-9-29(37)43-33)16-48-10-11-49-30(17-48)45-46-35(49)36(38,39)40)51(26)31(53)18-50-27-8-6-22(24-14-41-21(4)42-15-24)13-25(27)32(47-50)20(3)52/h1,6-9,13-15,19,26,28H,10-12,16-18H2,2-4H3,(H,43,44,54)/t19-,26+,28-/m0/s1. The number of alkyl halides is 3. The Kier molecular flexibility index (Phi) is 9.79. The molecule has 2 aliphatic rings. The molecule has 2 amide bonds. The topological polar surface area (TPSA) is 157 Å². The van der Waals surface area contributed by atoms with Gasteiger partial charge in [-0.25, -0.2) is 15.0 Å². The number of hydrogen-bond acceptors (Lipinski definition) is 10. The Balaban J connectivity index is 1.12. The third-order valence-electron chi connectivity index (χ3n) is 9.68. The molecule has 0 aliphatic carbocycles. The second kappa shape index (κ2) is 14.4. The first kappa shape index (κ1) is 36.8. The average molecular weight is 805 g/mol. The lowest BCUT2D eigenvalue weighted by molar-refractivity contribution is -0.148. The van der Waals surface area contributed by atoms with Gasteiger partial charge in [0.2, 0.25) is 17.6 Å². The van der Waals surface area contributed by atoms with Crippen LogP contribution in [-0.2, 0) is 41.9 Å². The van der Waals surface area contributed by atoms with Gasteiger partial charge in [0.1, 0.15) is 40.4 Å². The smallest absolute Gasteiger partial charge is 0.315 e.